The summed E-state index contributed by atoms with van der Waals surface area (Å²) in [6.45, 7) is 1.84. The predicted molar refractivity (Wildman–Crippen MR) is 110 cm³/mol. The maximum absolute atomic E-state index is 12.8. The van der Waals surface area contributed by atoms with Crippen molar-refractivity contribution in [1.82, 2.24) is 4.90 Å². The van der Waals surface area contributed by atoms with Crippen LogP contribution in [0.5, 0.6) is 0 Å². The van der Waals surface area contributed by atoms with E-state index < -0.39 is 0 Å². The van der Waals surface area contributed by atoms with E-state index in [9.17, 15) is 4.79 Å². The molecule has 132 valence electrons. The highest BCUT2D eigenvalue weighted by molar-refractivity contribution is 9.09. The number of hydrogen-bond donors (Lipinski definition) is 0. The van der Waals surface area contributed by atoms with Gasteiger partial charge in [-0.25, -0.2) is 0 Å². The number of Topliss-reactive ketones (excluding diaryl/α,β-unsaturated/α-hetero) is 1. The van der Waals surface area contributed by atoms with E-state index in [0.29, 0.717) is 11.1 Å². The number of ketones is 1. The van der Waals surface area contributed by atoms with Crippen LogP contribution in [0.3, 0.4) is 0 Å². The average Bonchev–Trinajstić information content (AvgIpc) is 2.65. The van der Waals surface area contributed by atoms with Crippen LogP contribution in [0.25, 0.3) is 0 Å². The van der Waals surface area contributed by atoms with Gasteiger partial charge in [0.15, 0.2) is 0 Å². The molecule has 2 nitrogen and oxygen atoms in total. The van der Waals surface area contributed by atoms with Gasteiger partial charge < -0.3 is 0 Å². The molecule has 2 aromatic rings. The molecule has 3 rings (SSSR count). The number of carbonyl (C=O) groups excluding carboxylic acids is 1. The lowest BCUT2D eigenvalue weighted by molar-refractivity contribution is -0.129. The Kier molecular flexibility index (Phi) is 6.48. The van der Waals surface area contributed by atoms with E-state index in [1.807, 2.05) is 12.1 Å². The van der Waals surface area contributed by atoms with Crippen LogP contribution in [-0.4, -0.2) is 27.5 Å². The molecule has 0 N–H and O–H groups in total. The van der Waals surface area contributed by atoms with Crippen molar-refractivity contribution in [3.8, 4) is 0 Å². The molecule has 2 unspecified atom stereocenters. The molecule has 2 atom stereocenters. The molecule has 1 heterocycles. The highest BCUT2D eigenvalue weighted by Crippen LogP contribution is 2.41. The third-order valence-corrected chi connectivity index (χ3v) is 6.57. The standard InChI is InChI=1S/C21H23Br2NO/c22-15-19(25)21(13-17-7-3-1-4-8-17)11-12-24(20(23)14-21)16-18-9-5-2-6-10-18/h1-10,20H,11-16H2. The van der Waals surface area contributed by atoms with Gasteiger partial charge >= 0.3 is 0 Å². The number of rotatable bonds is 6. The molecule has 1 aliphatic heterocycles. The number of alkyl halides is 2. The molecule has 25 heavy (non-hydrogen) atoms. The molecule has 0 aliphatic carbocycles. The van der Waals surface area contributed by atoms with Gasteiger partial charge in [-0.2, -0.15) is 0 Å². The first-order chi connectivity index (χ1) is 12.1. The van der Waals surface area contributed by atoms with E-state index in [0.717, 1.165) is 32.4 Å². The summed E-state index contributed by atoms with van der Waals surface area (Å²) in [5, 5.41) is 0.429. The number of piperidine rings is 1. The fraction of sp³-hybridized carbons (Fsp3) is 0.381. The Morgan fingerprint density at radius 3 is 2.20 bits per heavy atom. The lowest BCUT2D eigenvalue weighted by Gasteiger charge is -2.44. The summed E-state index contributed by atoms with van der Waals surface area (Å²) in [5.41, 5.74) is 2.27. The van der Waals surface area contributed by atoms with Crippen molar-refractivity contribution in [2.24, 2.45) is 5.41 Å². The van der Waals surface area contributed by atoms with Crippen LogP contribution in [0.4, 0.5) is 0 Å². The van der Waals surface area contributed by atoms with Crippen molar-refractivity contribution < 1.29 is 4.79 Å². The van der Waals surface area contributed by atoms with Crippen LogP contribution < -0.4 is 0 Å². The summed E-state index contributed by atoms with van der Waals surface area (Å²) in [6, 6.07) is 20.9. The van der Waals surface area contributed by atoms with Gasteiger partial charge in [0.25, 0.3) is 0 Å². The van der Waals surface area contributed by atoms with Crippen LogP contribution in [0.2, 0.25) is 0 Å². The molecule has 1 fully saturated rings. The molecule has 0 aromatic heterocycles. The zero-order valence-electron chi connectivity index (χ0n) is 14.2. The zero-order valence-corrected chi connectivity index (χ0v) is 17.4. The van der Waals surface area contributed by atoms with Crippen molar-refractivity contribution in [3.63, 3.8) is 0 Å². The Labute approximate surface area is 166 Å². The lowest BCUT2D eigenvalue weighted by atomic mass is 9.71. The average molecular weight is 465 g/mol. The third-order valence-electron chi connectivity index (χ3n) is 5.16. The molecule has 0 bridgehead atoms. The molecule has 2 aromatic carbocycles. The SMILES string of the molecule is O=C(CBr)C1(Cc2ccccc2)CCN(Cc2ccccc2)C(Br)C1. The fourth-order valence-corrected chi connectivity index (χ4v) is 5.25. The maximum Gasteiger partial charge on any atom is 0.149 e. The first kappa shape index (κ1) is 18.8. The second-order valence-electron chi connectivity index (χ2n) is 6.84. The summed E-state index contributed by atoms with van der Waals surface area (Å²) < 4.78 is 0. The van der Waals surface area contributed by atoms with Gasteiger partial charge in [-0.3, -0.25) is 9.69 Å². The van der Waals surface area contributed by atoms with Crippen molar-refractivity contribution >= 4 is 37.6 Å². The van der Waals surface area contributed by atoms with Gasteiger partial charge in [0, 0.05) is 18.5 Å². The van der Waals surface area contributed by atoms with Crippen molar-refractivity contribution in [1.29, 1.82) is 0 Å². The highest BCUT2D eigenvalue weighted by atomic mass is 79.9. The smallest absolute Gasteiger partial charge is 0.149 e. The van der Waals surface area contributed by atoms with Gasteiger partial charge in [0.2, 0.25) is 0 Å². The molecule has 0 radical (unpaired) electrons. The lowest BCUT2D eigenvalue weighted by Crippen LogP contribution is -2.49. The largest absolute Gasteiger partial charge is 0.298 e. The van der Waals surface area contributed by atoms with Crippen LogP contribution in [0.1, 0.15) is 24.0 Å². The number of nitrogens with zero attached hydrogens (tertiary/aromatic N) is 1. The highest BCUT2D eigenvalue weighted by Gasteiger charge is 2.43. The number of halogens is 2. The Morgan fingerprint density at radius 2 is 1.64 bits per heavy atom. The fourth-order valence-electron chi connectivity index (χ4n) is 3.69. The topological polar surface area (TPSA) is 20.3 Å². The summed E-state index contributed by atoms with van der Waals surface area (Å²) in [7, 11) is 0. The molecule has 0 spiro atoms. The monoisotopic (exact) mass is 463 g/mol. The summed E-state index contributed by atoms with van der Waals surface area (Å²) in [5.74, 6) is 0.320. The second-order valence-corrected chi connectivity index (χ2v) is 8.46. The van der Waals surface area contributed by atoms with Gasteiger partial charge in [-0.05, 0) is 30.4 Å². The maximum atomic E-state index is 12.8. The Bertz CT molecular complexity index is 692. The number of likely N-dealkylation sites (tertiary alicyclic amines) is 1. The van der Waals surface area contributed by atoms with Gasteiger partial charge in [-0.15, -0.1) is 0 Å². The quantitative estimate of drug-likeness (QED) is 0.432. The zero-order chi connectivity index (χ0) is 17.7. The third kappa shape index (κ3) is 4.60. The molecular formula is C21H23Br2NO. The minimum Gasteiger partial charge on any atom is -0.298 e. The number of hydrogen-bond acceptors (Lipinski definition) is 2. The van der Waals surface area contributed by atoms with Crippen LogP contribution >= 0.6 is 31.9 Å². The van der Waals surface area contributed by atoms with Crippen LogP contribution in [-0.2, 0) is 17.8 Å². The molecular weight excluding hydrogens is 442 g/mol. The van der Waals surface area contributed by atoms with Crippen molar-refractivity contribution in [2.75, 3.05) is 11.9 Å². The van der Waals surface area contributed by atoms with E-state index in [1.54, 1.807) is 0 Å². The summed E-state index contributed by atoms with van der Waals surface area (Å²) in [4.78, 5) is 15.5. The summed E-state index contributed by atoms with van der Waals surface area (Å²) in [6.07, 6.45) is 2.57. The molecule has 1 saturated heterocycles. The van der Waals surface area contributed by atoms with Crippen LogP contribution in [0, 0.1) is 5.41 Å². The van der Waals surface area contributed by atoms with E-state index in [-0.39, 0.29) is 10.4 Å². The summed E-state index contributed by atoms with van der Waals surface area (Å²) >= 11 is 7.27. The Morgan fingerprint density at radius 1 is 1.04 bits per heavy atom. The van der Waals surface area contributed by atoms with E-state index >= 15 is 0 Å². The molecule has 1 aliphatic rings. The van der Waals surface area contributed by atoms with E-state index in [4.69, 9.17) is 0 Å². The van der Waals surface area contributed by atoms with Gasteiger partial charge in [-0.1, -0.05) is 92.5 Å². The second kappa shape index (κ2) is 8.61. The first-order valence-corrected chi connectivity index (χ1v) is 10.7. The van der Waals surface area contributed by atoms with Gasteiger partial charge in [0.1, 0.15) is 5.78 Å². The Hall–Kier alpha value is -0.970. The predicted octanol–water partition coefficient (Wildman–Crippen LogP) is 5.20. The molecule has 4 heteroatoms. The molecule has 0 saturated carbocycles. The normalized spacial score (nSPS) is 24.2. The Balaban J connectivity index is 1.74. The van der Waals surface area contributed by atoms with Crippen molar-refractivity contribution in [2.45, 2.75) is 30.8 Å². The first-order valence-electron chi connectivity index (χ1n) is 8.68. The number of benzene rings is 2. The minimum atomic E-state index is -0.286. The van der Waals surface area contributed by atoms with E-state index in [1.165, 1.54) is 11.1 Å². The van der Waals surface area contributed by atoms with Gasteiger partial charge in [0.05, 0.1) is 10.3 Å². The number of carbonyl (C=O) groups is 1. The minimum absolute atomic E-state index is 0.216. The van der Waals surface area contributed by atoms with E-state index in [2.05, 4.69) is 85.3 Å². The van der Waals surface area contributed by atoms with Crippen LogP contribution in [0.15, 0.2) is 60.7 Å². The molecule has 0 amide bonds. The van der Waals surface area contributed by atoms with Crippen molar-refractivity contribution in [3.05, 3.63) is 71.8 Å².